The summed E-state index contributed by atoms with van der Waals surface area (Å²) in [5.41, 5.74) is -1.02. The maximum atomic E-state index is 12.5. The molecule has 0 saturated heterocycles. The number of azo groups is 2. The molecule has 20 heteroatoms. The summed E-state index contributed by atoms with van der Waals surface area (Å²) >= 11 is 17.9. The number of nitrogens with zero attached hydrogens (tertiary/aromatic N) is 5. The summed E-state index contributed by atoms with van der Waals surface area (Å²) in [5, 5.41) is 75.8. The summed E-state index contributed by atoms with van der Waals surface area (Å²) in [6.07, 6.45) is 0. The van der Waals surface area contributed by atoms with Crippen LogP contribution in [0.5, 0.6) is 23.0 Å². The van der Waals surface area contributed by atoms with E-state index in [-0.39, 0.29) is 90.9 Å². The molecule has 0 aliphatic rings. The Morgan fingerprint density at radius 2 is 1.21 bits per heavy atom. The SMILES string of the molecule is O=[N+]([O-])c1ccc(N=Nc2cc(S(=O)(=O)O)c3ccccc3c2[O-])c([O-])c1.[Cr+3].[Na+].[O-]c1ccc(Cl)cc1N=Nc1ccc2c(Cl)ccc(Cl)c2c1[O-]. The number of nitro groups is 1. The number of benzene rings is 6. The smallest absolute Gasteiger partial charge is 0.871 e. The van der Waals surface area contributed by atoms with Crippen LogP contribution in [0.4, 0.5) is 28.4 Å². The quantitative estimate of drug-likeness (QED) is 0.0787. The van der Waals surface area contributed by atoms with Crippen molar-refractivity contribution in [3.63, 3.8) is 0 Å². The van der Waals surface area contributed by atoms with Crippen molar-refractivity contribution in [2.75, 3.05) is 0 Å². The Balaban J connectivity index is 0.000000273. The molecule has 6 aromatic rings. The molecule has 1 radical (unpaired) electrons. The molecule has 0 atom stereocenters. The first kappa shape index (κ1) is 42.4. The number of non-ortho nitro benzene ring substituents is 1. The van der Waals surface area contributed by atoms with Crippen molar-refractivity contribution in [2.24, 2.45) is 20.5 Å². The van der Waals surface area contributed by atoms with E-state index in [4.69, 9.17) is 34.8 Å². The molecule has 0 aliphatic heterocycles. The summed E-state index contributed by atoms with van der Waals surface area (Å²) in [5.74, 6) is -2.20. The summed E-state index contributed by atoms with van der Waals surface area (Å²) in [4.78, 5) is 9.36. The van der Waals surface area contributed by atoms with E-state index in [1.807, 2.05) is 0 Å². The standard InChI is InChI=1S/C16H9Cl3N2O2.C16H11N3O7S.Cr.Na/c17-8-1-6-14(22)13(7-8)21-20-12-5-2-9-10(18)3-4-11(19)15(9)16(12)23;20-14-7-9(19(22)23)5-6-12(14)17-18-13-8-15(27(24,25)26)10-3-1-2-4-11(10)16(13)21;;/h1-7,22-23H;1-8,20-21H,(H,24,25,26);;/q;;+3;+1/p-4. The van der Waals surface area contributed by atoms with Gasteiger partial charge in [0.2, 0.25) is 0 Å². The van der Waals surface area contributed by atoms with E-state index < -0.39 is 48.6 Å². The molecule has 52 heavy (non-hydrogen) atoms. The van der Waals surface area contributed by atoms with Gasteiger partial charge < -0.3 is 20.4 Å². The predicted molar refractivity (Wildman–Crippen MR) is 178 cm³/mol. The van der Waals surface area contributed by atoms with E-state index >= 15 is 0 Å². The number of halogens is 3. The van der Waals surface area contributed by atoms with E-state index in [0.29, 0.717) is 15.4 Å². The topological polar surface area (TPSA) is 239 Å². The van der Waals surface area contributed by atoms with E-state index in [2.05, 4.69) is 20.5 Å². The molecule has 14 nitrogen and oxygen atoms in total. The first-order valence-electron chi connectivity index (χ1n) is 13.7. The predicted octanol–water partition coefficient (Wildman–Crippen LogP) is 4.92. The Bertz CT molecular complexity index is 2510. The van der Waals surface area contributed by atoms with Crippen LogP contribution >= 0.6 is 34.8 Å². The van der Waals surface area contributed by atoms with Crippen molar-refractivity contribution in [1.29, 1.82) is 0 Å². The summed E-state index contributed by atoms with van der Waals surface area (Å²) in [7, 11) is -4.65. The molecule has 6 rings (SSSR count). The monoisotopic (exact) mass is 826 g/mol. The molecule has 0 spiro atoms. The first-order chi connectivity index (χ1) is 23.6. The second-order valence-corrected chi connectivity index (χ2v) is 12.7. The average Bonchev–Trinajstić information content (AvgIpc) is 3.07. The number of fused-ring (bicyclic) bond motifs is 2. The Hall–Kier alpha value is -4.05. The molecule has 0 unspecified atom stereocenters. The minimum Gasteiger partial charge on any atom is -0.871 e. The maximum Gasteiger partial charge on any atom is 3.00 e. The van der Waals surface area contributed by atoms with Gasteiger partial charge in [-0.15, -0.1) is 0 Å². The molecular formula is C32H16Cl3CrN5NaO9S. The van der Waals surface area contributed by atoms with Crippen LogP contribution in [-0.4, -0.2) is 17.9 Å². The van der Waals surface area contributed by atoms with Gasteiger partial charge in [0.15, 0.2) is 0 Å². The third-order valence-electron chi connectivity index (χ3n) is 6.83. The zero-order valence-electron chi connectivity index (χ0n) is 26.1. The fourth-order valence-electron chi connectivity index (χ4n) is 4.48. The molecule has 0 aromatic heterocycles. The van der Waals surface area contributed by atoms with Crippen molar-refractivity contribution in [1.82, 2.24) is 0 Å². The van der Waals surface area contributed by atoms with E-state index in [1.54, 1.807) is 18.2 Å². The molecule has 0 aliphatic carbocycles. The maximum absolute atomic E-state index is 12.5. The Morgan fingerprint density at radius 3 is 1.87 bits per heavy atom. The van der Waals surface area contributed by atoms with Crippen molar-refractivity contribution in [3.8, 4) is 23.0 Å². The molecule has 0 bridgehead atoms. The van der Waals surface area contributed by atoms with Gasteiger partial charge in [-0.2, -0.15) is 28.9 Å². The molecule has 0 fully saturated rings. The molecular weight excluding hydrogens is 812 g/mol. The third-order valence-corrected chi connectivity index (χ3v) is 8.60. The zero-order chi connectivity index (χ0) is 36.3. The second-order valence-electron chi connectivity index (χ2n) is 10.0. The average molecular weight is 828 g/mol. The first-order valence-corrected chi connectivity index (χ1v) is 16.3. The molecule has 257 valence electrons. The van der Waals surface area contributed by atoms with Gasteiger partial charge in [0, 0.05) is 38.0 Å². The number of rotatable bonds is 6. The largest absolute Gasteiger partial charge is 3.00 e. The van der Waals surface area contributed by atoms with Gasteiger partial charge in [-0.1, -0.05) is 94.2 Å². The van der Waals surface area contributed by atoms with Gasteiger partial charge in [-0.05, 0) is 53.2 Å². The van der Waals surface area contributed by atoms with E-state index in [0.717, 1.165) is 24.3 Å². The summed E-state index contributed by atoms with van der Waals surface area (Å²) in [6, 6.07) is 19.8. The van der Waals surface area contributed by atoms with Gasteiger partial charge in [-0.3, -0.25) is 14.7 Å². The van der Waals surface area contributed by atoms with Gasteiger partial charge in [-0.25, -0.2) is 0 Å². The zero-order valence-corrected chi connectivity index (χ0v) is 32.4. The van der Waals surface area contributed by atoms with Gasteiger partial charge in [0.05, 0.1) is 27.7 Å². The van der Waals surface area contributed by atoms with Gasteiger partial charge >= 0.3 is 46.9 Å². The van der Waals surface area contributed by atoms with Crippen molar-refractivity contribution in [3.05, 3.63) is 116 Å². The Morgan fingerprint density at radius 1 is 0.615 bits per heavy atom. The Kier molecular flexibility index (Phi) is 14.4. The Labute approximate surface area is 342 Å². The molecule has 1 N–H and O–H groups in total. The molecule has 6 aromatic carbocycles. The number of hydrogen-bond donors (Lipinski definition) is 1. The van der Waals surface area contributed by atoms with Crippen molar-refractivity contribution < 1.29 is 85.2 Å². The van der Waals surface area contributed by atoms with Gasteiger partial charge in [0.1, 0.15) is 4.90 Å². The summed E-state index contributed by atoms with van der Waals surface area (Å²) < 4.78 is 32.6. The third kappa shape index (κ3) is 9.48. The number of hydrogen-bond acceptors (Lipinski definition) is 12. The normalized spacial score (nSPS) is 11.2. The fourth-order valence-corrected chi connectivity index (χ4v) is 5.83. The minimum absolute atomic E-state index is 0. The van der Waals surface area contributed by atoms with Crippen LogP contribution < -0.4 is 50.0 Å². The molecule has 0 heterocycles. The molecule has 0 amide bonds. The van der Waals surface area contributed by atoms with Crippen LogP contribution in [0.3, 0.4) is 0 Å². The summed E-state index contributed by atoms with van der Waals surface area (Å²) in [6.45, 7) is 0. The van der Waals surface area contributed by atoms with Crippen LogP contribution in [0.2, 0.25) is 15.1 Å². The van der Waals surface area contributed by atoms with E-state index in [9.17, 15) is 43.5 Å². The van der Waals surface area contributed by atoms with Crippen LogP contribution in [0.25, 0.3) is 21.5 Å². The van der Waals surface area contributed by atoms with Crippen LogP contribution in [-0.2, 0) is 27.5 Å². The molecule has 0 saturated carbocycles. The van der Waals surface area contributed by atoms with Crippen LogP contribution in [0, 0.1) is 10.1 Å². The fraction of sp³-hybridized carbons (Fsp3) is 0. The van der Waals surface area contributed by atoms with Gasteiger partial charge in [0.25, 0.3) is 15.8 Å². The van der Waals surface area contributed by atoms with Crippen molar-refractivity contribution in [2.45, 2.75) is 4.90 Å². The van der Waals surface area contributed by atoms with Crippen LogP contribution in [0.15, 0.2) is 116 Å². The van der Waals surface area contributed by atoms with E-state index in [1.165, 1.54) is 48.5 Å². The minimum atomic E-state index is -4.65. The van der Waals surface area contributed by atoms with Crippen molar-refractivity contribution >= 4 is 94.9 Å². The second kappa shape index (κ2) is 17.6. The number of nitro benzene ring substituents is 1. The van der Waals surface area contributed by atoms with Crippen LogP contribution in [0.1, 0.15) is 0 Å².